The second-order valence-electron chi connectivity index (χ2n) is 6.08. The van der Waals surface area contributed by atoms with E-state index < -0.39 is 41.3 Å². The third-order valence-electron chi connectivity index (χ3n) is 3.97. The number of carbonyl (C=O) groups is 1. The van der Waals surface area contributed by atoms with E-state index in [-0.39, 0.29) is 21.8 Å². The van der Waals surface area contributed by atoms with E-state index in [9.17, 15) is 31.5 Å². The number of hydrogen-bond donors (Lipinski definition) is 2. The minimum Gasteiger partial charge on any atom is -0.403 e. The predicted molar refractivity (Wildman–Crippen MR) is 98.7 cm³/mol. The molecule has 1 atom stereocenters. The highest BCUT2D eigenvalue weighted by Gasteiger charge is 2.33. The average molecular weight is 460 g/mol. The Morgan fingerprint density at radius 3 is 2.52 bits per heavy atom. The second kappa shape index (κ2) is 8.72. The fourth-order valence-corrected chi connectivity index (χ4v) is 2.80. The third kappa shape index (κ3) is 5.37. The van der Waals surface area contributed by atoms with Crippen LogP contribution in [0.1, 0.15) is 27.7 Å². The molecule has 1 unspecified atom stereocenters. The molecule has 0 fully saturated rings. The Balaban J connectivity index is 2.00. The second-order valence-corrected chi connectivity index (χ2v) is 6.49. The van der Waals surface area contributed by atoms with Crippen molar-refractivity contribution in [1.82, 2.24) is 15.3 Å². The number of rotatable bonds is 5. The van der Waals surface area contributed by atoms with Crippen LogP contribution in [0.5, 0.6) is 5.75 Å². The highest BCUT2D eigenvalue weighted by atomic mass is 35.5. The minimum atomic E-state index is -5.12. The van der Waals surface area contributed by atoms with E-state index in [4.69, 9.17) is 11.6 Å². The number of benzene rings is 1. The molecule has 0 saturated heterocycles. The molecule has 0 aliphatic carbocycles. The third-order valence-corrected chi connectivity index (χ3v) is 4.25. The van der Waals surface area contributed by atoms with Crippen LogP contribution in [0.3, 0.4) is 0 Å². The molecule has 12 heteroatoms. The lowest BCUT2D eigenvalue weighted by Crippen LogP contribution is -2.31. The van der Waals surface area contributed by atoms with Crippen molar-refractivity contribution in [2.75, 3.05) is 0 Å². The number of carbonyl (C=O) groups excluding carboxylic acids is 1. The van der Waals surface area contributed by atoms with Gasteiger partial charge >= 0.3 is 6.36 Å². The van der Waals surface area contributed by atoms with Gasteiger partial charge in [-0.15, -0.1) is 13.2 Å². The lowest BCUT2D eigenvalue weighted by Gasteiger charge is -2.20. The van der Waals surface area contributed by atoms with Gasteiger partial charge in [0.15, 0.2) is 11.6 Å². The van der Waals surface area contributed by atoms with E-state index in [1.54, 1.807) is 0 Å². The van der Waals surface area contributed by atoms with Gasteiger partial charge in [0.1, 0.15) is 16.5 Å². The summed E-state index contributed by atoms with van der Waals surface area (Å²) >= 11 is 5.69. The zero-order valence-corrected chi connectivity index (χ0v) is 15.9. The summed E-state index contributed by atoms with van der Waals surface area (Å²) in [5.74, 6) is -4.19. The van der Waals surface area contributed by atoms with E-state index in [1.165, 1.54) is 12.3 Å². The fraction of sp³-hybridized carbons (Fsp3) is 0.105. The van der Waals surface area contributed by atoms with Crippen molar-refractivity contribution in [2.45, 2.75) is 12.4 Å². The summed E-state index contributed by atoms with van der Waals surface area (Å²) in [6, 6.07) is 4.34. The lowest BCUT2D eigenvalue weighted by atomic mass is 10.0. The molecule has 162 valence electrons. The number of nitrogens with one attached hydrogen (secondary N) is 2. The number of hydrogen-bond acceptors (Lipinski definition) is 4. The maximum absolute atomic E-state index is 14.3. The van der Waals surface area contributed by atoms with Crippen molar-refractivity contribution < 1.29 is 31.5 Å². The summed E-state index contributed by atoms with van der Waals surface area (Å²) in [4.78, 5) is 30.0. The molecular weight excluding hydrogens is 449 g/mol. The lowest BCUT2D eigenvalue weighted by molar-refractivity contribution is -0.275. The summed E-state index contributed by atoms with van der Waals surface area (Å²) in [6.07, 6.45) is -2.85. The average Bonchev–Trinajstić information content (AvgIpc) is 2.69. The van der Waals surface area contributed by atoms with E-state index in [1.807, 2.05) is 0 Å². The van der Waals surface area contributed by atoms with Crippen molar-refractivity contribution in [1.29, 1.82) is 0 Å². The number of amides is 1. The van der Waals surface area contributed by atoms with Crippen LogP contribution in [0.2, 0.25) is 5.02 Å². The number of H-pyrrole nitrogens is 1. The highest BCUT2D eigenvalue weighted by molar-refractivity contribution is 6.30. The first kappa shape index (κ1) is 22.2. The summed E-state index contributed by atoms with van der Waals surface area (Å²) in [5.41, 5.74) is -1.19. The van der Waals surface area contributed by atoms with Crippen LogP contribution in [0.25, 0.3) is 0 Å². The van der Waals surface area contributed by atoms with Gasteiger partial charge in [-0.25, -0.2) is 8.78 Å². The SMILES string of the molecule is O=C(NC(c1ccc(OC(F)(F)F)c(F)c1)c1ncccc1F)c1c[nH]c(=O)c(Cl)c1. The van der Waals surface area contributed by atoms with Crippen LogP contribution in [0.15, 0.2) is 53.6 Å². The van der Waals surface area contributed by atoms with Gasteiger partial charge in [-0.2, -0.15) is 0 Å². The molecular formula is C19H11ClF5N3O3. The monoisotopic (exact) mass is 459 g/mol. The first-order valence-electron chi connectivity index (χ1n) is 8.40. The largest absolute Gasteiger partial charge is 0.573 e. The number of alkyl halides is 3. The molecule has 3 rings (SSSR count). The number of aromatic amines is 1. The number of pyridine rings is 2. The zero-order chi connectivity index (χ0) is 22.8. The number of aromatic nitrogens is 2. The first-order valence-corrected chi connectivity index (χ1v) is 8.77. The fourth-order valence-electron chi connectivity index (χ4n) is 2.63. The van der Waals surface area contributed by atoms with E-state index in [2.05, 4.69) is 20.0 Å². The highest BCUT2D eigenvalue weighted by Crippen LogP contribution is 2.30. The molecule has 0 aliphatic heterocycles. The van der Waals surface area contributed by atoms with Crippen molar-refractivity contribution >= 4 is 17.5 Å². The van der Waals surface area contributed by atoms with Gasteiger partial charge < -0.3 is 15.0 Å². The minimum absolute atomic E-state index is 0.108. The van der Waals surface area contributed by atoms with Crippen molar-refractivity contribution in [2.24, 2.45) is 0 Å². The number of nitrogens with zero attached hydrogens (tertiary/aromatic N) is 1. The van der Waals surface area contributed by atoms with Gasteiger partial charge in [0, 0.05) is 12.4 Å². The van der Waals surface area contributed by atoms with Crippen LogP contribution in [-0.4, -0.2) is 22.2 Å². The molecule has 6 nitrogen and oxygen atoms in total. The Morgan fingerprint density at radius 1 is 1.16 bits per heavy atom. The Kier molecular flexibility index (Phi) is 6.25. The van der Waals surface area contributed by atoms with E-state index in [0.29, 0.717) is 12.1 Å². The number of ether oxygens (including phenoxy) is 1. The molecule has 1 aromatic carbocycles. The van der Waals surface area contributed by atoms with Crippen LogP contribution in [-0.2, 0) is 0 Å². The van der Waals surface area contributed by atoms with Crippen LogP contribution < -0.4 is 15.6 Å². The topological polar surface area (TPSA) is 84.1 Å². The smallest absolute Gasteiger partial charge is 0.403 e. The molecule has 0 bridgehead atoms. The molecule has 2 heterocycles. The summed E-state index contributed by atoms with van der Waals surface area (Å²) in [5, 5.41) is 2.11. The summed E-state index contributed by atoms with van der Waals surface area (Å²) < 4.78 is 69.3. The molecule has 3 aromatic rings. The molecule has 0 radical (unpaired) electrons. The molecule has 31 heavy (non-hydrogen) atoms. The van der Waals surface area contributed by atoms with Crippen molar-refractivity contribution in [3.63, 3.8) is 0 Å². The Hall–Kier alpha value is -3.47. The normalized spacial score (nSPS) is 12.3. The Labute approximate surface area is 175 Å². The summed E-state index contributed by atoms with van der Waals surface area (Å²) in [6.45, 7) is 0. The molecule has 1 amide bonds. The van der Waals surface area contributed by atoms with Gasteiger partial charge in [-0.05, 0) is 35.9 Å². The molecule has 0 spiro atoms. The standard InChI is InChI=1S/C19H11ClF5N3O3/c20-11-6-10(8-27-18(11)30)17(29)28-15(16-12(21)2-1-5-26-16)9-3-4-14(13(22)7-9)31-19(23,24)25/h1-8,15H,(H,27,30)(H,28,29). The van der Waals surface area contributed by atoms with Gasteiger partial charge in [-0.3, -0.25) is 14.6 Å². The van der Waals surface area contributed by atoms with Crippen LogP contribution >= 0.6 is 11.6 Å². The Morgan fingerprint density at radius 2 is 1.90 bits per heavy atom. The van der Waals surface area contributed by atoms with Gasteiger partial charge in [0.2, 0.25) is 0 Å². The maximum Gasteiger partial charge on any atom is 0.573 e. The number of halogens is 6. The molecule has 2 N–H and O–H groups in total. The van der Waals surface area contributed by atoms with Crippen LogP contribution in [0, 0.1) is 11.6 Å². The van der Waals surface area contributed by atoms with E-state index in [0.717, 1.165) is 24.4 Å². The Bertz CT molecular complexity index is 1180. The van der Waals surface area contributed by atoms with Crippen LogP contribution in [0.4, 0.5) is 22.0 Å². The van der Waals surface area contributed by atoms with Gasteiger partial charge in [0.05, 0.1) is 11.6 Å². The predicted octanol–water partition coefficient (Wildman–Crippen LogP) is 4.12. The van der Waals surface area contributed by atoms with Crippen molar-refractivity contribution in [3.05, 3.63) is 92.6 Å². The van der Waals surface area contributed by atoms with Gasteiger partial charge in [0.25, 0.3) is 11.5 Å². The zero-order valence-electron chi connectivity index (χ0n) is 15.1. The van der Waals surface area contributed by atoms with Gasteiger partial charge in [-0.1, -0.05) is 17.7 Å². The van der Waals surface area contributed by atoms with Crippen molar-refractivity contribution in [3.8, 4) is 5.75 Å². The quantitative estimate of drug-likeness (QED) is 0.562. The first-order chi connectivity index (χ1) is 14.5. The molecule has 2 aromatic heterocycles. The van der Waals surface area contributed by atoms with E-state index >= 15 is 0 Å². The molecule has 0 saturated carbocycles. The summed E-state index contributed by atoms with van der Waals surface area (Å²) in [7, 11) is 0. The maximum atomic E-state index is 14.3. The molecule has 0 aliphatic rings.